The fourth-order valence-electron chi connectivity index (χ4n) is 2.07. The van der Waals surface area contributed by atoms with E-state index < -0.39 is 5.97 Å². The number of furan rings is 1. The summed E-state index contributed by atoms with van der Waals surface area (Å²) >= 11 is 0. The molecule has 22 heavy (non-hydrogen) atoms. The first-order valence-corrected chi connectivity index (χ1v) is 6.57. The molecule has 2 N–H and O–H groups in total. The highest BCUT2D eigenvalue weighted by Crippen LogP contribution is 2.28. The van der Waals surface area contributed by atoms with Crippen LogP contribution in [0.1, 0.15) is 37.8 Å². The number of Topliss-reactive ketones (excluding diaryl/α,β-unsaturated/α-hetero) is 1. The molecule has 6 heteroatoms. The van der Waals surface area contributed by atoms with E-state index in [2.05, 4.69) is 4.74 Å². The Labute approximate surface area is 126 Å². The molecule has 0 radical (unpaired) electrons. The minimum absolute atomic E-state index is 0.0221. The summed E-state index contributed by atoms with van der Waals surface area (Å²) < 4.78 is 9.80. The number of carbonyl (C=O) groups is 2. The number of hydrogen-bond acceptors (Lipinski definition) is 6. The molecule has 0 fully saturated rings. The molecule has 2 rings (SSSR count). The van der Waals surface area contributed by atoms with Gasteiger partial charge in [-0.3, -0.25) is 4.79 Å². The van der Waals surface area contributed by atoms with Gasteiger partial charge in [0.05, 0.1) is 12.7 Å². The quantitative estimate of drug-likeness (QED) is 0.665. The first kappa shape index (κ1) is 15.6. The van der Waals surface area contributed by atoms with Gasteiger partial charge in [0, 0.05) is 18.1 Å². The third-order valence-electron chi connectivity index (χ3n) is 3.37. The summed E-state index contributed by atoms with van der Waals surface area (Å²) in [6, 6.07) is 4.00. The van der Waals surface area contributed by atoms with E-state index in [0.29, 0.717) is 16.9 Å². The molecule has 0 spiro atoms. The summed E-state index contributed by atoms with van der Waals surface area (Å²) in [5.74, 6) is -0.882. The van der Waals surface area contributed by atoms with E-state index >= 15 is 0 Å². The summed E-state index contributed by atoms with van der Waals surface area (Å²) in [5, 5.41) is 19.3. The lowest BCUT2D eigenvalue weighted by molar-refractivity contribution is 0.0563. The monoisotopic (exact) mass is 304 g/mol. The van der Waals surface area contributed by atoms with Crippen molar-refractivity contribution in [3.63, 3.8) is 0 Å². The van der Waals surface area contributed by atoms with E-state index in [9.17, 15) is 19.8 Å². The predicted octanol–water partition coefficient (Wildman–Crippen LogP) is 2.52. The van der Waals surface area contributed by atoms with Crippen molar-refractivity contribution in [2.45, 2.75) is 20.3 Å². The molecular formula is C16H16O6. The third kappa shape index (κ3) is 2.95. The van der Waals surface area contributed by atoms with E-state index in [1.165, 1.54) is 19.2 Å². The number of ether oxygens (including phenoxy) is 1. The first-order valence-electron chi connectivity index (χ1n) is 6.57. The zero-order chi connectivity index (χ0) is 16.4. The molecular weight excluding hydrogens is 288 g/mol. The Kier molecular flexibility index (Phi) is 4.21. The van der Waals surface area contributed by atoms with Gasteiger partial charge in [0.15, 0.2) is 5.78 Å². The molecule has 0 bridgehead atoms. The van der Waals surface area contributed by atoms with Crippen molar-refractivity contribution in [1.82, 2.24) is 0 Å². The number of aromatic hydroxyl groups is 2. The Hall–Kier alpha value is -2.76. The normalized spacial score (nSPS) is 10.5. The Balaban J connectivity index is 2.28. The van der Waals surface area contributed by atoms with Crippen LogP contribution in [-0.2, 0) is 11.2 Å². The number of phenolic OH excluding ortho intramolecular Hbond substituents is 2. The van der Waals surface area contributed by atoms with Crippen LogP contribution >= 0.6 is 0 Å². The minimum Gasteiger partial charge on any atom is -0.508 e. The van der Waals surface area contributed by atoms with E-state index in [4.69, 9.17) is 4.42 Å². The van der Waals surface area contributed by atoms with E-state index in [-0.39, 0.29) is 35.0 Å². The van der Waals surface area contributed by atoms with Crippen molar-refractivity contribution < 1.29 is 29.0 Å². The molecule has 1 aromatic heterocycles. The largest absolute Gasteiger partial charge is 0.508 e. The number of phenols is 2. The maximum atomic E-state index is 12.3. The van der Waals surface area contributed by atoms with Crippen molar-refractivity contribution in [2.24, 2.45) is 0 Å². The number of hydrogen-bond donors (Lipinski definition) is 2. The maximum Gasteiger partial charge on any atom is 0.373 e. The Morgan fingerprint density at radius 1 is 1.14 bits per heavy atom. The van der Waals surface area contributed by atoms with E-state index in [1.807, 2.05) is 0 Å². The molecule has 0 saturated heterocycles. The lowest BCUT2D eigenvalue weighted by atomic mass is 10.0. The van der Waals surface area contributed by atoms with Crippen LogP contribution in [0.25, 0.3) is 0 Å². The van der Waals surface area contributed by atoms with Gasteiger partial charge in [0.2, 0.25) is 5.76 Å². The number of aryl methyl sites for hydroxylation is 2. The second kappa shape index (κ2) is 5.93. The second-order valence-electron chi connectivity index (χ2n) is 4.94. The molecule has 2 aromatic rings. The minimum atomic E-state index is -0.620. The van der Waals surface area contributed by atoms with Crippen molar-refractivity contribution in [1.29, 1.82) is 0 Å². The van der Waals surface area contributed by atoms with Crippen LogP contribution in [0.15, 0.2) is 22.6 Å². The molecule has 1 aromatic carbocycles. The van der Waals surface area contributed by atoms with E-state index in [1.54, 1.807) is 13.8 Å². The van der Waals surface area contributed by atoms with Gasteiger partial charge in [-0.2, -0.15) is 0 Å². The SMILES string of the molecule is COC(=O)c1cc(CC(=O)c2cc(C)c(O)cc2O)c(C)o1. The molecule has 116 valence electrons. The van der Waals surface area contributed by atoms with Crippen LogP contribution < -0.4 is 0 Å². The van der Waals surface area contributed by atoms with Crippen molar-refractivity contribution >= 4 is 11.8 Å². The van der Waals surface area contributed by atoms with Gasteiger partial charge in [0.1, 0.15) is 17.3 Å². The topological polar surface area (TPSA) is 97.0 Å². The van der Waals surface area contributed by atoms with Gasteiger partial charge in [0.25, 0.3) is 0 Å². The average Bonchev–Trinajstić information content (AvgIpc) is 2.83. The molecule has 0 amide bonds. The zero-order valence-electron chi connectivity index (χ0n) is 12.5. The highest BCUT2D eigenvalue weighted by Gasteiger charge is 2.19. The molecule has 1 heterocycles. The number of carbonyl (C=O) groups excluding carboxylic acids is 2. The molecule has 0 aliphatic carbocycles. The number of rotatable bonds is 4. The van der Waals surface area contributed by atoms with Gasteiger partial charge in [-0.05, 0) is 31.5 Å². The molecule has 0 aliphatic rings. The van der Waals surface area contributed by atoms with Crippen LogP contribution in [0.2, 0.25) is 0 Å². The number of methoxy groups -OCH3 is 1. The highest BCUT2D eigenvalue weighted by atomic mass is 16.5. The summed E-state index contributed by atoms with van der Waals surface area (Å²) in [4.78, 5) is 23.7. The zero-order valence-corrected chi connectivity index (χ0v) is 12.5. The number of ketones is 1. The Bertz CT molecular complexity index is 741. The summed E-state index contributed by atoms with van der Waals surface area (Å²) in [6.45, 7) is 3.26. The number of esters is 1. The lowest BCUT2D eigenvalue weighted by Crippen LogP contribution is -2.05. The average molecular weight is 304 g/mol. The van der Waals surface area contributed by atoms with Gasteiger partial charge in [-0.25, -0.2) is 4.79 Å². The summed E-state index contributed by atoms with van der Waals surface area (Å²) in [6.07, 6.45) is -0.0376. The molecule has 0 saturated carbocycles. The summed E-state index contributed by atoms with van der Waals surface area (Å²) in [5.41, 5.74) is 1.13. The van der Waals surface area contributed by atoms with Crippen molar-refractivity contribution in [3.05, 3.63) is 46.4 Å². The molecule has 0 aliphatic heterocycles. The molecule has 6 nitrogen and oxygen atoms in total. The van der Waals surface area contributed by atoms with Gasteiger partial charge >= 0.3 is 5.97 Å². The van der Waals surface area contributed by atoms with Crippen LogP contribution in [0.4, 0.5) is 0 Å². The summed E-state index contributed by atoms with van der Waals surface area (Å²) in [7, 11) is 1.24. The van der Waals surface area contributed by atoms with Crippen LogP contribution in [0.5, 0.6) is 11.5 Å². The fraction of sp³-hybridized carbons (Fsp3) is 0.250. The van der Waals surface area contributed by atoms with Gasteiger partial charge in [-0.15, -0.1) is 0 Å². The Morgan fingerprint density at radius 3 is 2.45 bits per heavy atom. The highest BCUT2D eigenvalue weighted by molar-refractivity contribution is 6.00. The smallest absolute Gasteiger partial charge is 0.373 e. The van der Waals surface area contributed by atoms with Crippen LogP contribution in [-0.4, -0.2) is 29.1 Å². The van der Waals surface area contributed by atoms with Crippen LogP contribution in [0, 0.1) is 13.8 Å². The van der Waals surface area contributed by atoms with Gasteiger partial charge in [-0.1, -0.05) is 0 Å². The first-order chi connectivity index (χ1) is 10.3. The van der Waals surface area contributed by atoms with Crippen molar-refractivity contribution in [3.8, 4) is 11.5 Å². The van der Waals surface area contributed by atoms with Crippen molar-refractivity contribution in [2.75, 3.05) is 7.11 Å². The molecule has 0 unspecified atom stereocenters. The van der Waals surface area contributed by atoms with Gasteiger partial charge < -0.3 is 19.4 Å². The Morgan fingerprint density at radius 2 is 1.82 bits per heavy atom. The fourth-order valence-corrected chi connectivity index (χ4v) is 2.07. The second-order valence-corrected chi connectivity index (χ2v) is 4.94. The van der Waals surface area contributed by atoms with Crippen LogP contribution in [0.3, 0.4) is 0 Å². The van der Waals surface area contributed by atoms with E-state index in [0.717, 1.165) is 6.07 Å². The predicted molar refractivity (Wildman–Crippen MR) is 77.3 cm³/mol. The number of benzene rings is 1. The lowest BCUT2D eigenvalue weighted by Gasteiger charge is -2.06. The standard InChI is InChI=1S/C16H16O6/c1-8-4-11(14(19)7-12(8)17)13(18)5-10-6-15(16(20)21-3)22-9(10)2/h4,6-7,17,19H,5H2,1-3H3. The maximum absolute atomic E-state index is 12.3. The molecule has 0 atom stereocenters. The third-order valence-corrected chi connectivity index (χ3v) is 3.37.